The van der Waals surface area contributed by atoms with Gasteiger partial charge in [-0.25, -0.2) is 8.42 Å². The summed E-state index contributed by atoms with van der Waals surface area (Å²) in [6, 6.07) is 0.171. The smallest absolute Gasteiger partial charge is 0.147 e. The van der Waals surface area contributed by atoms with Gasteiger partial charge in [-0.05, 0) is 24.7 Å². The Balaban J connectivity index is 4.13. The number of hydrogen-bond donors (Lipinski definition) is 2. The van der Waals surface area contributed by atoms with Crippen molar-refractivity contribution in [1.29, 1.82) is 0 Å². The van der Waals surface area contributed by atoms with Gasteiger partial charge in [0.25, 0.3) is 0 Å². The zero-order valence-corrected chi connectivity index (χ0v) is 11.0. The molecule has 0 aliphatic heterocycles. The maximum atomic E-state index is 11.0. The molecule has 1 atom stereocenters. The topological polar surface area (TPSA) is 72.2 Å². The molecular formula is C10H24N2O2S. The Labute approximate surface area is 93.5 Å². The highest BCUT2D eigenvalue weighted by atomic mass is 32.2. The Morgan fingerprint density at radius 2 is 1.93 bits per heavy atom. The van der Waals surface area contributed by atoms with E-state index in [1.807, 2.05) is 0 Å². The van der Waals surface area contributed by atoms with Crippen LogP contribution in [0.4, 0.5) is 0 Å². The molecule has 0 aromatic rings. The fraction of sp³-hybridized carbons (Fsp3) is 1.00. The van der Waals surface area contributed by atoms with Crippen molar-refractivity contribution >= 4 is 9.84 Å². The molecular weight excluding hydrogens is 212 g/mol. The summed E-state index contributed by atoms with van der Waals surface area (Å²) >= 11 is 0. The molecule has 0 saturated heterocycles. The molecule has 0 aromatic heterocycles. The number of sulfone groups is 1. The monoisotopic (exact) mass is 236 g/mol. The van der Waals surface area contributed by atoms with Crippen LogP contribution < -0.4 is 11.3 Å². The molecule has 0 radical (unpaired) electrons. The van der Waals surface area contributed by atoms with Crippen molar-refractivity contribution in [2.75, 3.05) is 12.0 Å². The first kappa shape index (κ1) is 14.9. The quantitative estimate of drug-likeness (QED) is 0.512. The molecule has 0 spiro atoms. The van der Waals surface area contributed by atoms with Crippen LogP contribution in [0.25, 0.3) is 0 Å². The van der Waals surface area contributed by atoms with E-state index in [1.54, 1.807) is 0 Å². The highest BCUT2D eigenvalue weighted by Gasteiger charge is 2.26. The second-order valence-electron chi connectivity index (χ2n) is 4.83. The number of nitrogens with two attached hydrogens (primary N) is 1. The van der Waals surface area contributed by atoms with Crippen LogP contribution in [-0.2, 0) is 9.84 Å². The standard InChI is InChI=1S/C10H24N2O2S/c1-5-10(2,3)9(12-11)7-6-8-15(4,13)14/h9,12H,5-8,11H2,1-4H3. The lowest BCUT2D eigenvalue weighted by molar-refractivity contribution is 0.221. The van der Waals surface area contributed by atoms with Gasteiger partial charge < -0.3 is 0 Å². The van der Waals surface area contributed by atoms with E-state index in [4.69, 9.17) is 5.84 Å². The zero-order valence-electron chi connectivity index (χ0n) is 10.2. The number of hydrazine groups is 1. The zero-order chi connectivity index (χ0) is 12.1. The first-order chi connectivity index (χ1) is 6.73. The first-order valence-corrected chi connectivity index (χ1v) is 7.43. The molecule has 4 nitrogen and oxygen atoms in total. The van der Waals surface area contributed by atoms with E-state index < -0.39 is 9.84 Å². The second kappa shape index (κ2) is 5.82. The first-order valence-electron chi connectivity index (χ1n) is 5.37. The van der Waals surface area contributed by atoms with Crippen molar-refractivity contribution in [2.45, 2.75) is 46.1 Å². The lowest BCUT2D eigenvalue weighted by atomic mass is 9.80. The minimum Gasteiger partial charge on any atom is -0.271 e. The summed E-state index contributed by atoms with van der Waals surface area (Å²) in [7, 11) is -2.85. The number of rotatable bonds is 7. The third-order valence-corrected chi connectivity index (χ3v) is 4.09. The summed E-state index contributed by atoms with van der Waals surface area (Å²) in [5.74, 6) is 5.73. The summed E-state index contributed by atoms with van der Waals surface area (Å²) in [6.45, 7) is 6.39. The van der Waals surface area contributed by atoms with Gasteiger partial charge >= 0.3 is 0 Å². The summed E-state index contributed by atoms with van der Waals surface area (Å²) in [6.07, 6.45) is 3.74. The minimum atomic E-state index is -2.85. The molecule has 1 unspecified atom stereocenters. The van der Waals surface area contributed by atoms with Gasteiger partial charge in [-0.15, -0.1) is 0 Å². The van der Waals surface area contributed by atoms with Crippen molar-refractivity contribution in [2.24, 2.45) is 11.3 Å². The van der Waals surface area contributed by atoms with E-state index >= 15 is 0 Å². The second-order valence-corrected chi connectivity index (χ2v) is 7.09. The van der Waals surface area contributed by atoms with E-state index in [1.165, 1.54) is 6.26 Å². The highest BCUT2D eigenvalue weighted by molar-refractivity contribution is 7.90. The van der Waals surface area contributed by atoms with Gasteiger partial charge in [-0.3, -0.25) is 11.3 Å². The van der Waals surface area contributed by atoms with Gasteiger partial charge in [0, 0.05) is 18.1 Å². The van der Waals surface area contributed by atoms with Crippen molar-refractivity contribution in [3.05, 3.63) is 0 Å². The SMILES string of the molecule is CCC(C)(C)C(CCCS(C)(=O)=O)NN. The van der Waals surface area contributed by atoms with Crippen LogP contribution in [0.3, 0.4) is 0 Å². The van der Waals surface area contributed by atoms with E-state index in [-0.39, 0.29) is 17.2 Å². The molecule has 0 fully saturated rings. The largest absolute Gasteiger partial charge is 0.271 e. The van der Waals surface area contributed by atoms with Gasteiger partial charge in [0.05, 0.1) is 0 Å². The predicted octanol–water partition coefficient (Wildman–Crippen LogP) is 1.08. The fourth-order valence-corrected chi connectivity index (χ4v) is 2.19. The maximum Gasteiger partial charge on any atom is 0.147 e. The number of nitrogens with one attached hydrogen (secondary N) is 1. The van der Waals surface area contributed by atoms with Crippen LogP contribution >= 0.6 is 0 Å². The van der Waals surface area contributed by atoms with Crippen LogP contribution in [0.2, 0.25) is 0 Å². The van der Waals surface area contributed by atoms with Crippen LogP contribution in [0.1, 0.15) is 40.0 Å². The summed E-state index contributed by atoms with van der Waals surface area (Å²) in [5.41, 5.74) is 2.89. The summed E-state index contributed by atoms with van der Waals surface area (Å²) < 4.78 is 21.9. The van der Waals surface area contributed by atoms with Crippen molar-refractivity contribution < 1.29 is 8.42 Å². The van der Waals surface area contributed by atoms with E-state index in [2.05, 4.69) is 26.2 Å². The molecule has 0 aliphatic carbocycles. The lowest BCUT2D eigenvalue weighted by Crippen LogP contribution is -2.45. The Morgan fingerprint density at radius 1 is 1.40 bits per heavy atom. The fourth-order valence-electron chi connectivity index (χ4n) is 1.50. The highest BCUT2D eigenvalue weighted by Crippen LogP contribution is 2.27. The van der Waals surface area contributed by atoms with Crippen molar-refractivity contribution in [1.82, 2.24) is 5.43 Å². The lowest BCUT2D eigenvalue weighted by Gasteiger charge is -2.33. The van der Waals surface area contributed by atoms with Crippen molar-refractivity contribution in [3.8, 4) is 0 Å². The van der Waals surface area contributed by atoms with E-state index in [0.29, 0.717) is 6.42 Å². The van der Waals surface area contributed by atoms with Gasteiger partial charge in [0.15, 0.2) is 0 Å². The molecule has 5 heteroatoms. The molecule has 0 bridgehead atoms. The molecule has 0 heterocycles. The molecule has 3 N–H and O–H groups in total. The Hall–Kier alpha value is -0.130. The van der Waals surface area contributed by atoms with Gasteiger partial charge in [0.2, 0.25) is 0 Å². The van der Waals surface area contributed by atoms with Gasteiger partial charge in [-0.2, -0.15) is 0 Å². The average molecular weight is 236 g/mol. The predicted molar refractivity (Wildman–Crippen MR) is 64.1 cm³/mol. The molecule has 0 saturated carbocycles. The van der Waals surface area contributed by atoms with Gasteiger partial charge in [0.1, 0.15) is 9.84 Å². The molecule has 0 aromatic carbocycles. The molecule has 15 heavy (non-hydrogen) atoms. The normalized spacial score (nSPS) is 15.3. The summed E-state index contributed by atoms with van der Waals surface area (Å²) in [5, 5.41) is 0. The minimum absolute atomic E-state index is 0.103. The van der Waals surface area contributed by atoms with Crippen LogP contribution in [0, 0.1) is 5.41 Å². The molecule has 0 amide bonds. The van der Waals surface area contributed by atoms with E-state index in [9.17, 15) is 8.42 Å². The van der Waals surface area contributed by atoms with Crippen LogP contribution in [0.15, 0.2) is 0 Å². The van der Waals surface area contributed by atoms with Crippen LogP contribution in [0.5, 0.6) is 0 Å². The average Bonchev–Trinajstić information content (AvgIpc) is 2.10. The van der Waals surface area contributed by atoms with Gasteiger partial charge in [-0.1, -0.05) is 20.8 Å². The molecule has 92 valence electrons. The maximum absolute atomic E-state index is 11.0. The number of hydrogen-bond acceptors (Lipinski definition) is 4. The molecule has 0 aliphatic rings. The summed E-state index contributed by atoms with van der Waals surface area (Å²) in [4.78, 5) is 0. The molecule has 0 rings (SSSR count). The van der Waals surface area contributed by atoms with E-state index in [0.717, 1.165) is 12.8 Å². The van der Waals surface area contributed by atoms with Crippen LogP contribution in [-0.4, -0.2) is 26.5 Å². The Morgan fingerprint density at radius 3 is 2.27 bits per heavy atom. The third-order valence-electron chi connectivity index (χ3n) is 3.06. The Kier molecular flexibility index (Phi) is 5.77. The Bertz CT molecular complexity index is 273. The third kappa shape index (κ3) is 6.12. The van der Waals surface area contributed by atoms with Crippen molar-refractivity contribution in [3.63, 3.8) is 0 Å².